The summed E-state index contributed by atoms with van der Waals surface area (Å²) in [5.41, 5.74) is 1.69. The van der Waals surface area contributed by atoms with Crippen molar-refractivity contribution >= 4 is 40.2 Å². The molecule has 2 aliphatic heterocycles. The van der Waals surface area contributed by atoms with Gasteiger partial charge in [-0.1, -0.05) is 6.92 Å². The SMILES string of the molecule is CC1(CF)CN(c2ccc3nccc(C(=O)NCC(=O)N4CSC[C@H]4C#N)c3c2)C1. The molecule has 3 heterocycles. The van der Waals surface area contributed by atoms with Crippen molar-refractivity contribution < 1.29 is 14.0 Å². The maximum atomic E-state index is 13.1. The van der Waals surface area contributed by atoms with Crippen LogP contribution in [0.2, 0.25) is 0 Å². The molecule has 0 saturated carbocycles. The second-order valence-corrected chi connectivity index (χ2v) is 9.05. The van der Waals surface area contributed by atoms with Crippen molar-refractivity contribution in [3.05, 3.63) is 36.0 Å². The van der Waals surface area contributed by atoms with Crippen LogP contribution in [-0.2, 0) is 4.79 Å². The van der Waals surface area contributed by atoms with Gasteiger partial charge in [0.15, 0.2) is 0 Å². The molecule has 1 atom stereocenters. The molecule has 2 aromatic rings. The van der Waals surface area contributed by atoms with Gasteiger partial charge in [-0.05, 0) is 24.3 Å². The maximum Gasteiger partial charge on any atom is 0.252 e. The lowest BCUT2D eigenvalue weighted by Crippen LogP contribution is -2.56. The molecule has 2 amide bonds. The highest BCUT2D eigenvalue weighted by molar-refractivity contribution is 7.99. The maximum absolute atomic E-state index is 13.1. The highest BCUT2D eigenvalue weighted by atomic mass is 32.2. The van der Waals surface area contributed by atoms with E-state index in [9.17, 15) is 14.0 Å². The number of anilines is 1. The molecular weight excluding hydrogens is 405 g/mol. The molecule has 30 heavy (non-hydrogen) atoms. The van der Waals surface area contributed by atoms with E-state index in [1.165, 1.54) is 16.7 Å². The third kappa shape index (κ3) is 3.79. The summed E-state index contributed by atoms with van der Waals surface area (Å²) in [7, 11) is 0. The molecule has 9 heteroatoms. The van der Waals surface area contributed by atoms with Crippen LogP contribution in [0.4, 0.5) is 10.1 Å². The zero-order valence-electron chi connectivity index (χ0n) is 16.6. The minimum absolute atomic E-state index is 0.165. The van der Waals surface area contributed by atoms with Crippen molar-refractivity contribution in [2.24, 2.45) is 5.41 Å². The van der Waals surface area contributed by atoms with Gasteiger partial charge in [-0.3, -0.25) is 19.0 Å². The van der Waals surface area contributed by atoms with E-state index < -0.39 is 6.04 Å². The number of rotatable bonds is 5. The minimum atomic E-state index is -0.449. The largest absolute Gasteiger partial charge is 0.370 e. The number of pyridine rings is 1. The average Bonchev–Trinajstić information content (AvgIpc) is 3.23. The fraction of sp³-hybridized carbons (Fsp3) is 0.429. The van der Waals surface area contributed by atoms with Gasteiger partial charge < -0.3 is 15.1 Å². The van der Waals surface area contributed by atoms with Crippen molar-refractivity contribution in [3.63, 3.8) is 0 Å². The van der Waals surface area contributed by atoms with Crippen LogP contribution >= 0.6 is 11.8 Å². The molecule has 0 radical (unpaired) electrons. The summed E-state index contributed by atoms with van der Waals surface area (Å²) in [6.45, 7) is 2.64. The van der Waals surface area contributed by atoms with Gasteiger partial charge in [-0.15, -0.1) is 11.8 Å². The molecule has 1 aromatic carbocycles. The molecule has 0 unspecified atom stereocenters. The third-order valence-electron chi connectivity index (χ3n) is 5.55. The lowest BCUT2D eigenvalue weighted by atomic mass is 9.83. The zero-order chi connectivity index (χ0) is 21.3. The summed E-state index contributed by atoms with van der Waals surface area (Å²) in [5.74, 6) is 0.407. The van der Waals surface area contributed by atoms with Crippen LogP contribution in [0.1, 0.15) is 17.3 Å². The number of carbonyl (C=O) groups excluding carboxylic acids is 2. The van der Waals surface area contributed by atoms with E-state index in [0.717, 1.165) is 5.69 Å². The van der Waals surface area contributed by atoms with Crippen molar-refractivity contribution in [2.45, 2.75) is 13.0 Å². The Bertz CT molecular complexity index is 1030. The summed E-state index contributed by atoms with van der Waals surface area (Å²) in [5, 5.41) is 12.5. The molecular formula is C21H22FN5O2S. The zero-order valence-corrected chi connectivity index (χ0v) is 17.4. The third-order valence-corrected chi connectivity index (χ3v) is 6.57. The number of carbonyl (C=O) groups is 2. The normalized spacial score (nSPS) is 20.0. The fourth-order valence-electron chi connectivity index (χ4n) is 3.82. The van der Waals surface area contributed by atoms with Gasteiger partial charge in [-0.2, -0.15) is 5.26 Å². The van der Waals surface area contributed by atoms with Crippen LogP contribution in [0.5, 0.6) is 0 Å². The number of alkyl halides is 1. The Labute approximate surface area is 178 Å². The van der Waals surface area contributed by atoms with Gasteiger partial charge in [0.2, 0.25) is 5.91 Å². The smallest absolute Gasteiger partial charge is 0.252 e. The number of aromatic nitrogens is 1. The Kier molecular flexibility index (Phi) is 5.52. The average molecular weight is 428 g/mol. The first kappa shape index (κ1) is 20.4. The molecule has 156 valence electrons. The van der Waals surface area contributed by atoms with E-state index in [-0.39, 0.29) is 30.4 Å². The van der Waals surface area contributed by atoms with Gasteiger partial charge in [0, 0.05) is 41.5 Å². The predicted molar refractivity (Wildman–Crippen MR) is 114 cm³/mol. The molecule has 4 rings (SSSR count). The second-order valence-electron chi connectivity index (χ2n) is 8.05. The lowest BCUT2D eigenvalue weighted by molar-refractivity contribution is -0.129. The molecule has 0 spiro atoms. The first-order chi connectivity index (χ1) is 14.4. The molecule has 2 saturated heterocycles. The predicted octanol–water partition coefficient (Wildman–Crippen LogP) is 2.19. The number of benzene rings is 1. The van der Waals surface area contributed by atoms with Gasteiger partial charge in [0.1, 0.15) is 6.04 Å². The Hall–Kier alpha value is -2.86. The number of nitrogens with zero attached hydrogens (tertiary/aromatic N) is 4. The van der Waals surface area contributed by atoms with Crippen molar-refractivity contribution in [2.75, 3.05) is 42.8 Å². The van der Waals surface area contributed by atoms with Crippen LogP contribution in [0, 0.1) is 16.7 Å². The summed E-state index contributed by atoms with van der Waals surface area (Å²) < 4.78 is 13.1. The van der Waals surface area contributed by atoms with Gasteiger partial charge in [0.05, 0.1) is 36.2 Å². The summed E-state index contributed by atoms with van der Waals surface area (Å²) in [4.78, 5) is 33.1. The number of thioether (sulfide) groups is 1. The molecule has 2 fully saturated rings. The van der Waals surface area contributed by atoms with Crippen LogP contribution in [0.25, 0.3) is 10.9 Å². The summed E-state index contributed by atoms with van der Waals surface area (Å²) in [6, 6.07) is 8.94. The topological polar surface area (TPSA) is 89.3 Å². The first-order valence-corrected chi connectivity index (χ1v) is 10.8. The molecule has 1 N–H and O–H groups in total. The molecule has 0 bridgehead atoms. The van der Waals surface area contributed by atoms with E-state index in [1.54, 1.807) is 12.3 Å². The number of nitrogens with one attached hydrogen (secondary N) is 1. The lowest BCUT2D eigenvalue weighted by Gasteiger charge is -2.48. The summed E-state index contributed by atoms with van der Waals surface area (Å²) in [6.07, 6.45) is 1.56. The standard InChI is InChI=1S/C21H22FN5O2S/c1-21(10-22)11-26(12-21)14-2-3-18-17(6-14)16(4-5-24-18)20(29)25-8-19(28)27-13-30-9-15(27)7-23/h2-6,15H,8-13H2,1H3,(H,25,29)/t15-/m1/s1. The van der Waals surface area contributed by atoms with Crippen molar-refractivity contribution in [1.29, 1.82) is 5.26 Å². The van der Waals surface area contributed by atoms with Crippen LogP contribution in [0.3, 0.4) is 0 Å². The van der Waals surface area contributed by atoms with E-state index in [4.69, 9.17) is 5.26 Å². The molecule has 1 aromatic heterocycles. The molecule has 0 aliphatic carbocycles. The Morgan fingerprint density at radius 1 is 1.40 bits per heavy atom. The van der Waals surface area contributed by atoms with Crippen molar-refractivity contribution in [3.8, 4) is 6.07 Å². The molecule has 2 aliphatic rings. The van der Waals surface area contributed by atoms with E-state index in [0.29, 0.717) is 41.2 Å². The number of hydrogen-bond donors (Lipinski definition) is 1. The monoisotopic (exact) mass is 427 g/mol. The van der Waals surface area contributed by atoms with Crippen molar-refractivity contribution in [1.82, 2.24) is 15.2 Å². The summed E-state index contributed by atoms with van der Waals surface area (Å²) >= 11 is 1.52. The minimum Gasteiger partial charge on any atom is -0.370 e. The fourth-order valence-corrected chi connectivity index (χ4v) is 4.92. The van der Waals surface area contributed by atoms with Crippen LogP contribution in [-0.4, -0.2) is 65.7 Å². The van der Waals surface area contributed by atoms with E-state index >= 15 is 0 Å². The molecule has 7 nitrogen and oxygen atoms in total. The number of nitriles is 1. The van der Waals surface area contributed by atoms with E-state index in [2.05, 4.69) is 21.3 Å². The number of hydrogen-bond acceptors (Lipinski definition) is 6. The second kappa shape index (κ2) is 8.11. The quantitative estimate of drug-likeness (QED) is 0.787. The Morgan fingerprint density at radius 3 is 2.93 bits per heavy atom. The number of fused-ring (bicyclic) bond motifs is 1. The highest BCUT2D eigenvalue weighted by Gasteiger charge is 2.39. The van der Waals surface area contributed by atoms with Gasteiger partial charge in [-0.25, -0.2) is 0 Å². The number of amides is 2. The number of halogens is 1. The highest BCUT2D eigenvalue weighted by Crippen LogP contribution is 2.35. The van der Waals surface area contributed by atoms with Crippen LogP contribution in [0.15, 0.2) is 30.5 Å². The Balaban J connectivity index is 1.49. The first-order valence-electron chi connectivity index (χ1n) is 9.69. The van der Waals surface area contributed by atoms with Gasteiger partial charge in [0.25, 0.3) is 5.91 Å². The van der Waals surface area contributed by atoms with Gasteiger partial charge >= 0.3 is 0 Å². The van der Waals surface area contributed by atoms with E-state index in [1.807, 2.05) is 25.1 Å². The van der Waals surface area contributed by atoms with Crippen LogP contribution < -0.4 is 10.2 Å². The Morgan fingerprint density at radius 2 is 2.20 bits per heavy atom.